The molecule has 1 heterocycles. The van der Waals surface area contributed by atoms with Gasteiger partial charge in [0.15, 0.2) is 0 Å². The first-order chi connectivity index (χ1) is 19.8. The molecule has 0 radical (unpaired) electrons. The average Bonchev–Trinajstić information content (AvgIpc) is 3.26. The molecule has 1 aromatic heterocycles. The quantitative estimate of drug-likeness (QED) is 0.278. The number of carboxylic acid groups (broad SMARTS) is 1. The molecule has 0 saturated heterocycles. The Morgan fingerprint density at radius 1 is 1.02 bits per heavy atom. The molecule has 9 nitrogen and oxygen atoms in total. The molecule has 0 fully saturated rings. The summed E-state index contributed by atoms with van der Waals surface area (Å²) in [6, 6.07) is 19.8. The van der Waals surface area contributed by atoms with Crippen molar-refractivity contribution in [2.24, 2.45) is 12.8 Å². The number of aryl methyl sites for hydroxylation is 2. The molecule has 0 aliphatic heterocycles. The van der Waals surface area contributed by atoms with Crippen LogP contribution < -0.4 is 11.1 Å². The Bertz CT molecular complexity index is 1660. The van der Waals surface area contributed by atoms with Crippen molar-refractivity contribution < 1.29 is 28.6 Å². The zero-order valence-electron chi connectivity index (χ0n) is 23.9. The molecule has 4 N–H and O–H groups in total. The molecule has 4 aromatic rings. The molecule has 4 rings (SSSR count). The first-order valence-electron chi connectivity index (χ1n) is 12.7. The number of carbonyl (C=O) groups excluding carboxylic acids is 2. The molecule has 0 aliphatic carbocycles. The molecule has 2 amide bonds. The number of hydrogen-bond acceptors (Lipinski definition) is 5. The van der Waals surface area contributed by atoms with Gasteiger partial charge in [0.05, 0.1) is 22.4 Å². The van der Waals surface area contributed by atoms with Crippen molar-refractivity contribution in [3.63, 3.8) is 0 Å². The van der Waals surface area contributed by atoms with Crippen LogP contribution in [0.3, 0.4) is 0 Å². The van der Waals surface area contributed by atoms with E-state index < -0.39 is 23.4 Å². The summed E-state index contributed by atoms with van der Waals surface area (Å²) in [5.74, 6) is 3.16. The van der Waals surface area contributed by atoms with Crippen molar-refractivity contribution >= 4 is 23.5 Å². The first-order valence-corrected chi connectivity index (χ1v) is 12.7. The van der Waals surface area contributed by atoms with Gasteiger partial charge in [-0.25, -0.2) is 9.48 Å². The lowest BCUT2D eigenvalue weighted by atomic mass is 10.00. The van der Waals surface area contributed by atoms with E-state index in [9.17, 15) is 18.8 Å². The van der Waals surface area contributed by atoms with Crippen LogP contribution in [0.2, 0.25) is 0 Å². The summed E-state index contributed by atoms with van der Waals surface area (Å²) in [4.78, 5) is 36.0. The van der Waals surface area contributed by atoms with E-state index in [-0.39, 0.29) is 22.6 Å². The summed E-state index contributed by atoms with van der Waals surface area (Å²) < 4.78 is 18.8. The SMILES string of the molecule is COC(C)(C)C#Cc1ccc(-c2ccccc2NC(=O)c2ccc(C(=O)O)cc2C(N)=O)cc1.Cc1cc(F)n(C)n1. The van der Waals surface area contributed by atoms with Crippen molar-refractivity contribution in [1.29, 1.82) is 0 Å². The number of amides is 2. The predicted octanol–water partition coefficient (Wildman–Crippen LogP) is 5.05. The molecule has 10 heteroatoms. The fraction of sp³-hybridized carbons (Fsp3) is 0.188. The van der Waals surface area contributed by atoms with E-state index in [0.29, 0.717) is 11.4 Å². The number of carboxylic acids is 1. The maximum atomic E-state index is 13.0. The van der Waals surface area contributed by atoms with Crippen molar-refractivity contribution in [1.82, 2.24) is 9.78 Å². The van der Waals surface area contributed by atoms with Crippen LogP contribution in [0.25, 0.3) is 11.1 Å². The minimum absolute atomic E-state index is 0.0151. The highest BCUT2D eigenvalue weighted by Crippen LogP contribution is 2.29. The zero-order valence-corrected chi connectivity index (χ0v) is 23.9. The van der Waals surface area contributed by atoms with Gasteiger partial charge in [-0.3, -0.25) is 9.59 Å². The van der Waals surface area contributed by atoms with Crippen LogP contribution in [0, 0.1) is 24.7 Å². The molecule has 0 spiro atoms. The number of hydrogen-bond donors (Lipinski definition) is 3. The molecule has 3 aromatic carbocycles. The Hall–Kier alpha value is -5.27. The summed E-state index contributed by atoms with van der Waals surface area (Å²) in [5.41, 5.74) is 8.17. The lowest BCUT2D eigenvalue weighted by molar-refractivity contribution is 0.0695. The van der Waals surface area contributed by atoms with Crippen LogP contribution in [-0.4, -0.2) is 45.4 Å². The number of nitrogens with zero attached hydrogens (tertiary/aromatic N) is 2. The van der Waals surface area contributed by atoms with Gasteiger partial charge in [-0.05, 0) is 62.7 Å². The largest absolute Gasteiger partial charge is 0.478 e. The summed E-state index contributed by atoms with van der Waals surface area (Å²) in [7, 11) is 3.18. The second-order valence-corrected chi connectivity index (χ2v) is 9.70. The number of rotatable bonds is 6. The number of nitrogens with one attached hydrogen (secondary N) is 1. The monoisotopic (exact) mass is 570 g/mol. The van der Waals surface area contributed by atoms with Crippen LogP contribution in [-0.2, 0) is 11.8 Å². The highest BCUT2D eigenvalue weighted by molar-refractivity contribution is 6.13. The normalized spacial score (nSPS) is 10.5. The average molecular weight is 571 g/mol. The second-order valence-electron chi connectivity index (χ2n) is 9.70. The lowest BCUT2D eigenvalue weighted by Gasteiger charge is -2.14. The fourth-order valence-corrected chi connectivity index (χ4v) is 3.70. The van der Waals surface area contributed by atoms with Crippen LogP contribution in [0.15, 0.2) is 72.8 Å². The summed E-state index contributed by atoms with van der Waals surface area (Å²) in [5, 5.41) is 15.7. The Morgan fingerprint density at radius 3 is 2.21 bits per heavy atom. The van der Waals surface area contributed by atoms with Crippen molar-refractivity contribution in [3.05, 3.63) is 107 Å². The van der Waals surface area contributed by atoms with E-state index in [1.54, 1.807) is 33.2 Å². The van der Waals surface area contributed by atoms with E-state index >= 15 is 0 Å². The van der Waals surface area contributed by atoms with Gasteiger partial charge >= 0.3 is 5.97 Å². The van der Waals surface area contributed by atoms with E-state index in [1.807, 2.05) is 50.2 Å². The van der Waals surface area contributed by atoms with Gasteiger partial charge in [0, 0.05) is 37.0 Å². The molecule has 0 unspecified atom stereocenters. The van der Waals surface area contributed by atoms with Crippen LogP contribution in [0.4, 0.5) is 10.1 Å². The van der Waals surface area contributed by atoms with Crippen molar-refractivity contribution in [2.75, 3.05) is 12.4 Å². The van der Waals surface area contributed by atoms with Gasteiger partial charge < -0.3 is 20.9 Å². The minimum Gasteiger partial charge on any atom is -0.478 e. The van der Waals surface area contributed by atoms with Gasteiger partial charge in [-0.1, -0.05) is 42.2 Å². The molecule has 0 saturated carbocycles. The van der Waals surface area contributed by atoms with E-state index in [2.05, 4.69) is 22.3 Å². The maximum Gasteiger partial charge on any atom is 0.335 e. The first kappa shape index (κ1) is 31.3. The highest BCUT2D eigenvalue weighted by Gasteiger charge is 2.19. The highest BCUT2D eigenvalue weighted by atomic mass is 19.1. The molecule has 0 atom stereocenters. The van der Waals surface area contributed by atoms with Gasteiger partial charge in [0.1, 0.15) is 5.60 Å². The summed E-state index contributed by atoms with van der Waals surface area (Å²) in [6.45, 7) is 5.52. The lowest BCUT2D eigenvalue weighted by Crippen LogP contribution is -2.21. The van der Waals surface area contributed by atoms with E-state index in [0.717, 1.165) is 22.8 Å². The van der Waals surface area contributed by atoms with Crippen LogP contribution in [0.1, 0.15) is 56.2 Å². The van der Waals surface area contributed by atoms with E-state index in [1.165, 1.54) is 22.9 Å². The Balaban J connectivity index is 0.000000521. The Labute approximate surface area is 243 Å². The smallest absolute Gasteiger partial charge is 0.335 e. The maximum absolute atomic E-state index is 13.0. The number of para-hydroxylation sites is 1. The number of carbonyl (C=O) groups is 3. The predicted molar refractivity (Wildman–Crippen MR) is 158 cm³/mol. The second kappa shape index (κ2) is 13.4. The number of anilines is 1. The number of aromatic carboxylic acids is 1. The molecular formula is C32H31FN4O5. The van der Waals surface area contributed by atoms with Crippen molar-refractivity contribution in [2.45, 2.75) is 26.4 Å². The standard InChI is InChI=1S/C27H24N2O5.C5H7FN2/c1-27(2,34-3)15-14-17-8-10-18(11-9-17)20-6-4-5-7-23(20)29-25(31)21-13-12-19(26(32)33)16-22(21)24(28)30;1-4-3-5(6)8(2)7-4/h4-13,16H,1-3H3,(H2,28,30)(H,29,31)(H,32,33);3H,1-2H3. The van der Waals surface area contributed by atoms with Crippen LogP contribution >= 0.6 is 0 Å². The van der Waals surface area contributed by atoms with Gasteiger partial charge in [0.25, 0.3) is 5.91 Å². The molecule has 42 heavy (non-hydrogen) atoms. The number of halogens is 1. The fourth-order valence-electron chi connectivity index (χ4n) is 3.70. The number of primary amides is 1. The summed E-state index contributed by atoms with van der Waals surface area (Å²) in [6.07, 6.45) is 0. The Kier molecular flexibility index (Phi) is 9.97. The van der Waals surface area contributed by atoms with E-state index in [4.69, 9.17) is 15.6 Å². The molecule has 216 valence electrons. The van der Waals surface area contributed by atoms with Gasteiger partial charge in [-0.2, -0.15) is 9.49 Å². The number of ether oxygens (including phenoxy) is 1. The summed E-state index contributed by atoms with van der Waals surface area (Å²) >= 11 is 0. The van der Waals surface area contributed by atoms with Crippen molar-refractivity contribution in [3.8, 4) is 23.0 Å². The zero-order chi connectivity index (χ0) is 31.0. The Morgan fingerprint density at radius 2 is 1.69 bits per heavy atom. The number of benzene rings is 3. The van der Waals surface area contributed by atoms with Gasteiger partial charge in [0.2, 0.25) is 11.9 Å². The minimum atomic E-state index is -1.22. The number of methoxy groups -OCH3 is 1. The third kappa shape index (κ3) is 8.13. The molecular weight excluding hydrogens is 539 g/mol. The molecule has 0 bridgehead atoms. The van der Waals surface area contributed by atoms with Gasteiger partial charge in [-0.15, -0.1) is 0 Å². The topological polar surface area (TPSA) is 137 Å². The third-order valence-electron chi connectivity index (χ3n) is 6.11. The molecule has 0 aliphatic rings. The number of nitrogens with two attached hydrogens (primary N) is 1. The van der Waals surface area contributed by atoms with Crippen LogP contribution in [0.5, 0.6) is 0 Å². The third-order valence-corrected chi connectivity index (χ3v) is 6.11. The number of aromatic nitrogens is 2.